The van der Waals surface area contributed by atoms with Gasteiger partial charge < -0.3 is 10.1 Å². The minimum Gasteiger partial charge on any atom is -0.507 e. The molecule has 0 spiro atoms. The summed E-state index contributed by atoms with van der Waals surface area (Å²) in [7, 11) is 0. The SMILES string of the molecule is O=[N+]([O-])c1ccc(-c2cnc3cc(O)c(-c4nc5ccc([N+](=O)[O-])cc5[nH]4)cc3c2)cc1. The Morgan fingerprint density at radius 1 is 0.812 bits per heavy atom. The Morgan fingerprint density at radius 3 is 2.25 bits per heavy atom. The zero-order chi connectivity index (χ0) is 22.4. The second-order valence-electron chi connectivity index (χ2n) is 7.13. The van der Waals surface area contributed by atoms with Gasteiger partial charge >= 0.3 is 0 Å². The molecule has 3 aromatic carbocycles. The molecular weight excluding hydrogens is 414 g/mol. The van der Waals surface area contributed by atoms with Crippen LogP contribution in [0.2, 0.25) is 0 Å². The van der Waals surface area contributed by atoms with Crippen LogP contribution in [-0.4, -0.2) is 29.9 Å². The molecule has 5 rings (SSSR count). The predicted octanol–water partition coefficient (Wildman–Crippen LogP) is 4.97. The minimum absolute atomic E-state index is 0.000158. The molecule has 0 aliphatic rings. The smallest absolute Gasteiger partial charge is 0.271 e. The number of imidazole rings is 1. The molecule has 2 N–H and O–H groups in total. The van der Waals surface area contributed by atoms with Crippen LogP contribution in [-0.2, 0) is 0 Å². The number of phenolic OH excluding ortho intramolecular Hbond substituents is 1. The van der Waals surface area contributed by atoms with Gasteiger partial charge in [-0.3, -0.25) is 25.2 Å². The Kier molecular flexibility index (Phi) is 4.26. The molecule has 10 heteroatoms. The number of pyridine rings is 1. The molecule has 0 amide bonds. The molecule has 5 aromatic rings. The molecule has 0 radical (unpaired) electrons. The van der Waals surface area contributed by atoms with Gasteiger partial charge in [-0.1, -0.05) is 0 Å². The maximum atomic E-state index is 11.0. The van der Waals surface area contributed by atoms with Crippen LogP contribution in [0.3, 0.4) is 0 Å². The number of aromatic amines is 1. The molecule has 0 saturated carbocycles. The molecule has 10 nitrogen and oxygen atoms in total. The fourth-order valence-electron chi connectivity index (χ4n) is 3.53. The Balaban J connectivity index is 1.59. The van der Waals surface area contributed by atoms with E-state index in [0.717, 1.165) is 16.5 Å². The normalized spacial score (nSPS) is 11.1. The van der Waals surface area contributed by atoms with E-state index in [1.807, 2.05) is 6.07 Å². The molecule has 0 unspecified atom stereocenters. The minimum atomic E-state index is -0.487. The van der Waals surface area contributed by atoms with Crippen LogP contribution in [0.15, 0.2) is 66.9 Å². The summed E-state index contributed by atoms with van der Waals surface area (Å²) in [5.74, 6) is 0.322. The van der Waals surface area contributed by atoms with Crippen LogP contribution in [0.5, 0.6) is 5.75 Å². The molecule has 0 fully saturated rings. The van der Waals surface area contributed by atoms with Crippen molar-refractivity contribution in [3.8, 4) is 28.3 Å². The van der Waals surface area contributed by atoms with Crippen molar-refractivity contribution < 1.29 is 15.0 Å². The first-order chi connectivity index (χ1) is 15.4. The number of aromatic nitrogens is 3. The van der Waals surface area contributed by atoms with Gasteiger partial charge in [-0.15, -0.1) is 0 Å². The van der Waals surface area contributed by atoms with Crippen molar-refractivity contribution in [2.75, 3.05) is 0 Å². The van der Waals surface area contributed by atoms with E-state index in [2.05, 4.69) is 15.0 Å². The highest BCUT2D eigenvalue weighted by molar-refractivity contribution is 5.91. The van der Waals surface area contributed by atoms with E-state index in [9.17, 15) is 25.3 Å². The second-order valence-corrected chi connectivity index (χ2v) is 7.13. The first-order valence-electron chi connectivity index (χ1n) is 9.41. The van der Waals surface area contributed by atoms with Crippen molar-refractivity contribution in [1.82, 2.24) is 15.0 Å². The third-order valence-electron chi connectivity index (χ3n) is 5.14. The molecule has 32 heavy (non-hydrogen) atoms. The Hall–Kier alpha value is -4.86. The Labute approximate surface area is 179 Å². The zero-order valence-corrected chi connectivity index (χ0v) is 16.2. The number of hydrogen-bond acceptors (Lipinski definition) is 7. The van der Waals surface area contributed by atoms with Crippen LogP contribution in [0.25, 0.3) is 44.5 Å². The van der Waals surface area contributed by atoms with Gasteiger partial charge in [0.05, 0.1) is 32.0 Å². The number of fused-ring (bicyclic) bond motifs is 2. The molecule has 156 valence electrons. The van der Waals surface area contributed by atoms with E-state index in [4.69, 9.17) is 0 Å². The van der Waals surface area contributed by atoms with Crippen molar-refractivity contribution in [2.24, 2.45) is 0 Å². The summed E-state index contributed by atoms with van der Waals surface area (Å²) in [6.07, 6.45) is 1.63. The highest BCUT2D eigenvalue weighted by atomic mass is 16.6. The number of aromatic hydroxyl groups is 1. The maximum Gasteiger partial charge on any atom is 0.271 e. The van der Waals surface area contributed by atoms with Gasteiger partial charge in [-0.25, -0.2) is 4.98 Å². The number of non-ortho nitro benzene ring substituents is 2. The number of benzene rings is 3. The van der Waals surface area contributed by atoms with Gasteiger partial charge in [0.1, 0.15) is 11.6 Å². The summed E-state index contributed by atoms with van der Waals surface area (Å²) in [4.78, 5) is 32.8. The van der Waals surface area contributed by atoms with Crippen LogP contribution < -0.4 is 0 Å². The van der Waals surface area contributed by atoms with E-state index in [0.29, 0.717) is 27.9 Å². The summed E-state index contributed by atoms with van der Waals surface area (Å²) in [5, 5.41) is 33.1. The summed E-state index contributed by atoms with van der Waals surface area (Å²) in [5.41, 5.74) is 3.43. The number of rotatable bonds is 4. The number of H-pyrrole nitrogens is 1. The van der Waals surface area contributed by atoms with Gasteiger partial charge in [-0.05, 0) is 35.9 Å². The van der Waals surface area contributed by atoms with Crippen LogP contribution in [0.1, 0.15) is 0 Å². The van der Waals surface area contributed by atoms with Gasteiger partial charge in [0, 0.05) is 47.5 Å². The zero-order valence-electron chi connectivity index (χ0n) is 16.2. The predicted molar refractivity (Wildman–Crippen MR) is 117 cm³/mol. The number of nitro groups is 2. The van der Waals surface area contributed by atoms with Crippen molar-refractivity contribution in [3.05, 3.63) is 87.1 Å². The van der Waals surface area contributed by atoms with Crippen molar-refractivity contribution in [2.45, 2.75) is 0 Å². The van der Waals surface area contributed by atoms with Gasteiger partial charge in [0.15, 0.2) is 0 Å². The van der Waals surface area contributed by atoms with Crippen molar-refractivity contribution in [3.63, 3.8) is 0 Å². The van der Waals surface area contributed by atoms with Crippen LogP contribution in [0.4, 0.5) is 11.4 Å². The highest BCUT2D eigenvalue weighted by Gasteiger charge is 2.15. The average molecular weight is 427 g/mol. The monoisotopic (exact) mass is 427 g/mol. The second kappa shape index (κ2) is 7.13. The lowest BCUT2D eigenvalue weighted by molar-refractivity contribution is -0.385. The summed E-state index contributed by atoms with van der Waals surface area (Å²) < 4.78 is 0. The number of phenols is 1. The average Bonchev–Trinajstić information content (AvgIpc) is 3.21. The van der Waals surface area contributed by atoms with Crippen molar-refractivity contribution in [1.29, 1.82) is 0 Å². The lowest BCUT2D eigenvalue weighted by atomic mass is 10.0. The molecular formula is C22H13N5O5. The fourth-order valence-corrected chi connectivity index (χ4v) is 3.53. The summed E-state index contributed by atoms with van der Waals surface area (Å²) in [6, 6.07) is 15.5. The molecule has 0 bridgehead atoms. The fraction of sp³-hybridized carbons (Fsp3) is 0. The van der Waals surface area contributed by atoms with Gasteiger partial charge in [0.2, 0.25) is 0 Å². The molecule has 0 atom stereocenters. The molecule has 2 aromatic heterocycles. The summed E-state index contributed by atoms with van der Waals surface area (Å²) >= 11 is 0. The van der Waals surface area contributed by atoms with Gasteiger partial charge in [0.25, 0.3) is 11.4 Å². The first-order valence-corrected chi connectivity index (χ1v) is 9.41. The number of hydrogen-bond donors (Lipinski definition) is 2. The lowest BCUT2D eigenvalue weighted by Crippen LogP contribution is -1.89. The number of nitro benzene ring substituents is 2. The van der Waals surface area contributed by atoms with Crippen LogP contribution >= 0.6 is 0 Å². The largest absolute Gasteiger partial charge is 0.507 e. The molecule has 2 heterocycles. The van der Waals surface area contributed by atoms with Gasteiger partial charge in [-0.2, -0.15) is 0 Å². The van der Waals surface area contributed by atoms with Crippen LogP contribution in [0, 0.1) is 20.2 Å². The quantitative estimate of drug-likeness (QED) is 0.304. The highest BCUT2D eigenvalue weighted by Crippen LogP contribution is 2.34. The van der Waals surface area contributed by atoms with E-state index in [1.165, 1.54) is 30.3 Å². The van der Waals surface area contributed by atoms with Crippen molar-refractivity contribution >= 4 is 33.3 Å². The number of nitrogens with zero attached hydrogens (tertiary/aromatic N) is 4. The van der Waals surface area contributed by atoms with E-state index >= 15 is 0 Å². The number of nitrogens with one attached hydrogen (secondary N) is 1. The third kappa shape index (κ3) is 3.25. The topological polar surface area (TPSA) is 148 Å². The van der Waals surface area contributed by atoms with E-state index in [1.54, 1.807) is 30.5 Å². The third-order valence-corrected chi connectivity index (χ3v) is 5.14. The van der Waals surface area contributed by atoms with E-state index < -0.39 is 9.85 Å². The first kappa shape index (κ1) is 19.1. The molecule has 0 aliphatic carbocycles. The molecule has 0 saturated heterocycles. The summed E-state index contributed by atoms with van der Waals surface area (Å²) in [6.45, 7) is 0. The Morgan fingerprint density at radius 2 is 1.53 bits per heavy atom. The molecule has 0 aliphatic heterocycles. The van der Waals surface area contributed by atoms with E-state index in [-0.39, 0.29) is 17.1 Å². The Bertz CT molecular complexity index is 1540. The lowest BCUT2D eigenvalue weighted by Gasteiger charge is -2.07. The maximum absolute atomic E-state index is 11.0. The standard InChI is InChI=1S/C22H13N5O5/c28-21-10-19-13(7-14(11-23-19)12-1-3-15(4-2-12)26(29)30)8-17(21)22-24-18-6-5-16(27(31)32)9-20(18)25-22/h1-11,28H,(H,24,25).